The van der Waals surface area contributed by atoms with Crippen molar-refractivity contribution in [3.05, 3.63) is 220 Å². The summed E-state index contributed by atoms with van der Waals surface area (Å²) in [4.78, 5) is 2.63. The van der Waals surface area contributed by atoms with Gasteiger partial charge in [-0.3, -0.25) is 0 Å². The number of anilines is 3. The first kappa shape index (κ1) is 51.2. The fourth-order valence-electron chi connectivity index (χ4n) is 11.9. The van der Waals surface area contributed by atoms with E-state index in [9.17, 15) is 0 Å². The van der Waals surface area contributed by atoms with Gasteiger partial charge in [0.05, 0.1) is 17.1 Å². The maximum Gasteiger partial charge on any atom is 0.136 e. The maximum absolute atomic E-state index is 7.39. The average molecular weight is 1020 g/mol. The fourth-order valence-corrected chi connectivity index (χ4v) is 11.9. The molecule has 3 nitrogen and oxygen atoms in total. The summed E-state index contributed by atoms with van der Waals surface area (Å²) >= 11 is 0. The molecule has 0 saturated carbocycles. The molecule has 0 bridgehead atoms. The zero-order chi connectivity index (χ0) is 55.0. The van der Waals surface area contributed by atoms with E-state index >= 15 is 0 Å². The Morgan fingerprint density at radius 3 is 1.42 bits per heavy atom. The lowest BCUT2D eigenvalue weighted by Gasteiger charge is -2.43. The third-order valence-corrected chi connectivity index (χ3v) is 16.6. The third kappa shape index (κ3) is 8.84. The molecule has 9 aromatic carbocycles. The van der Waals surface area contributed by atoms with E-state index in [1.165, 1.54) is 66.8 Å². The molecule has 0 aliphatic carbocycles. The summed E-state index contributed by atoms with van der Waals surface area (Å²) in [6.45, 7) is 34.9. The van der Waals surface area contributed by atoms with Crippen LogP contribution in [0, 0.1) is 0 Å². The Morgan fingerprint density at radius 2 is 0.859 bits per heavy atom. The summed E-state index contributed by atoms with van der Waals surface area (Å²) in [5, 5.41) is 2.18. The summed E-state index contributed by atoms with van der Waals surface area (Å²) in [5.41, 5.74) is 24.1. The first-order valence-electron chi connectivity index (χ1n) is 28.2. The summed E-state index contributed by atoms with van der Waals surface area (Å²) in [6, 6.07) is 66.5. The number of fused-ring (bicyclic) bond motifs is 7. The number of nitrogens with zero attached hydrogens (tertiary/aromatic N) is 1. The molecule has 0 N–H and O–H groups in total. The first-order chi connectivity index (χ1) is 36.8. The van der Waals surface area contributed by atoms with E-state index in [0.29, 0.717) is 0 Å². The Hall–Kier alpha value is -7.62. The lowest BCUT2D eigenvalue weighted by molar-refractivity contribution is 0.449. The van der Waals surface area contributed by atoms with Gasteiger partial charge in [0.15, 0.2) is 0 Å². The second-order valence-electron chi connectivity index (χ2n) is 27.5. The Morgan fingerprint density at radius 1 is 0.359 bits per heavy atom. The molecule has 1 atom stereocenters. The highest BCUT2D eigenvalue weighted by Crippen LogP contribution is 2.63. The lowest BCUT2D eigenvalue weighted by atomic mass is 9.74. The average Bonchev–Trinajstić information content (AvgIpc) is 3.50. The quantitative estimate of drug-likeness (QED) is 0.172. The van der Waals surface area contributed by atoms with Crippen LogP contribution in [0.25, 0.3) is 66.4 Å². The van der Waals surface area contributed by atoms with Gasteiger partial charge in [0.1, 0.15) is 22.7 Å². The van der Waals surface area contributed by atoms with Gasteiger partial charge in [-0.15, -0.1) is 0 Å². The Labute approximate surface area is 464 Å². The second kappa shape index (κ2) is 18.0. The molecular weight excluding hydrogens is 947 g/mol. The largest absolute Gasteiger partial charge is 0.457 e. The summed E-state index contributed by atoms with van der Waals surface area (Å²) in [5.74, 6) is 1.65. The van der Waals surface area contributed by atoms with Crippen LogP contribution in [-0.4, -0.2) is 0 Å². The molecule has 0 radical (unpaired) electrons. The van der Waals surface area contributed by atoms with Crippen LogP contribution in [0.5, 0.6) is 11.5 Å². The molecule has 1 aromatic heterocycles. The maximum atomic E-state index is 7.39. The van der Waals surface area contributed by atoms with Crippen molar-refractivity contribution in [3.63, 3.8) is 0 Å². The van der Waals surface area contributed by atoms with E-state index in [2.05, 4.69) is 285 Å². The number of hydrogen-bond acceptors (Lipinski definition) is 3. The van der Waals surface area contributed by atoms with Crippen LogP contribution >= 0.6 is 0 Å². The highest BCUT2D eigenvalue weighted by Gasteiger charge is 2.43. The topological polar surface area (TPSA) is 25.6 Å². The van der Waals surface area contributed by atoms with Crippen LogP contribution in [-0.2, 0) is 27.1 Å². The molecule has 2 aliphatic heterocycles. The van der Waals surface area contributed by atoms with Crippen LogP contribution < -0.4 is 9.64 Å². The Balaban J connectivity index is 1.23. The predicted molar refractivity (Wildman–Crippen MR) is 331 cm³/mol. The van der Waals surface area contributed by atoms with Gasteiger partial charge in [-0.05, 0) is 136 Å². The predicted octanol–water partition coefficient (Wildman–Crippen LogP) is 21.8. The molecule has 0 spiro atoms. The molecule has 10 aromatic rings. The number of para-hydroxylation sites is 1. The Bertz CT molecular complexity index is 3940. The SMILES string of the molecule is CC(C)(C)c1cc(-c2ccc3c(c2)C2c4ccc(-c5cc(C(C)(C)C)cc(C(C)(C)C)c5)cc4N(c4c(-c5ccccc5)cc5oc6ccccc6c5c4-c4ccccc4)c4cc(C(C)(C)C)cc(c42)O3)cc(C(C)(C)C)c1. The van der Waals surface area contributed by atoms with Gasteiger partial charge >= 0.3 is 0 Å². The van der Waals surface area contributed by atoms with Crippen molar-refractivity contribution in [1.29, 1.82) is 0 Å². The van der Waals surface area contributed by atoms with Gasteiger partial charge in [0.2, 0.25) is 0 Å². The molecule has 3 heterocycles. The second-order valence-corrected chi connectivity index (χ2v) is 27.5. The van der Waals surface area contributed by atoms with Crippen LogP contribution in [0.2, 0.25) is 0 Å². The minimum Gasteiger partial charge on any atom is -0.457 e. The molecule has 1 unspecified atom stereocenters. The molecule has 0 fully saturated rings. The highest BCUT2D eigenvalue weighted by atomic mass is 16.5. The van der Waals surface area contributed by atoms with Crippen molar-refractivity contribution < 1.29 is 9.15 Å². The fraction of sp³-hybridized carbons (Fsp3) is 0.280. The molecule has 0 amide bonds. The van der Waals surface area contributed by atoms with Crippen molar-refractivity contribution in [2.45, 2.75) is 137 Å². The van der Waals surface area contributed by atoms with Gasteiger partial charge < -0.3 is 14.1 Å². The molecule has 3 heteroatoms. The summed E-state index contributed by atoms with van der Waals surface area (Å²) < 4.78 is 14.3. The molecule has 78 heavy (non-hydrogen) atoms. The molecule has 392 valence electrons. The van der Waals surface area contributed by atoms with Gasteiger partial charge in [0.25, 0.3) is 0 Å². The Kier molecular flexibility index (Phi) is 11.8. The van der Waals surface area contributed by atoms with E-state index in [0.717, 1.165) is 72.8 Å². The van der Waals surface area contributed by atoms with Crippen molar-refractivity contribution in [3.8, 4) is 56.0 Å². The zero-order valence-corrected chi connectivity index (χ0v) is 48.6. The van der Waals surface area contributed by atoms with E-state index < -0.39 is 0 Å². The van der Waals surface area contributed by atoms with E-state index in [1.807, 2.05) is 0 Å². The number of furan rings is 1. The van der Waals surface area contributed by atoms with E-state index in [-0.39, 0.29) is 33.0 Å². The number of hydrogen-bond donors (Lipinski definition) is 0. The van der Waals surface area contributed by atoms with E-state index in [4.69, 9.17) is 9.15 Å². The van der Waals surface area contributed by atoms with Crippen molar-refractivity contribution >= 4 is 39.0 Å². The summed E-state index contributed by atoms with van der Waals surface area (Å²) in [7, 11) is 0. The number of ether oxygens (including phenoxy) is 1. The normalized spacial score (nSPS) is 14.6. The molecular formula is C75H75NO2. The van der Waals surface area contributed by atoms with Gasteiger partial charge in [-0.1, -0.05) is 237 Å². The van der Waals surface area contributed by atoms with Crippen LogP contribution in [0.15, 0.2) is 180 Å². The van der Waals surface area contributed by atoms with Crippen LogP contribution in [0.3, 0.4) is 0 Å². The third-order valence-electron chi connectivity index (χ3n) is 16.6. The molecule has 12 rings (SSSR count). The first-order valence-corrected chi connectivity index (χ1v) is 28.2. The van der Waals surface area contributed by atoms with E-state index in [1.54, 1.807) is 0 Å². The number of benzene rings is 9. The van der Waals surface area contributed by atoms with Crippen LogP contribution in [0.4, 0.5) is 17.1 Å². The lowest BCUT2D eigenvalue weighted by Crippen LogP contribution is -2.27. The minimum absolute atomic E-state index is 0.0293. The van der Waals surface area contributed by atoms with Crippen molar-refractivity contribution in [2.24, 2.45) is 0 Å². The van der Waals surface area contributed by atoms with Gasteiger partial charge in [-0.25, -0.2) is 0 Å². The zero-order valence-electron chi connectivity index (χ0n) is 48.6. The standard InChI is InChI=1S/C75H75NO2/c1-71(2,3)51-34-49(35-52(40-51)72(4,5)6)47-31-33-63-59(38-47)67-56-32-30-48(50-36-53(73(7,8)9)41-54(37-50)74(10,11)12)39-60(56)76(61-42-55(75(13,14)15)43-64(78-63)69(61)67)70-58(45-24-18-16-19-25-45)44-65-68(57-28-22-23-29-62(57)77-65)66(70)46-26-20-17-21-27-46/h16-44,67H,1-15H3. The summed E-state index contributed by atoms with van der Waals surface area (Å²) in [6.07, 6.45) is 0. The molecule has 2 aliphatic rings. The minimum atomic E-state index is -0.211. The van der Waals surface area contributed by atoms with Crippen molar-refractivity contribution in [1.82, 2.24) is 0 Å². The van der Waals surface area contributed by atoms with Crippen molar-refractivity contribution in [2.75, 3.05) is 4.90 Å². The molecule has 0 saturated heterocycles. The smallest absolute Gasteiger partial charge is 0.136 e. The monoisotopic (exact) mass is 1020 g/mol. The van der Waals surface area contributed by atoms with Crippen LogP contribution in [0.1, 0.15) is 154 Å². The van der Waals surface area contributed by atoms with Gasteiger partial charge in [0, 0.05) is 38.9 Å². The van der Waals surface area contributed by atoms with Gasteiger partial charge in [-0.2, -0.15) is 0 Å². The number of rotatable bonds is 5. The highest BCUT2D eigenvalue weighted by molar-refractivity contribution is 6.20.